The molecule has 0 saturated heterocycles. The number of aromatic nitrogens is 4. The SMILES string of the molecule is COc1ccc(NC(C)c2cccc(CO)c2)cc1-n1nnnc1C. The highest BCUT2D eigenvalue weighted by Crippen LogP contribution is 2.28. The molecule has 3 aromatic rings. The van der Waals surface area contributed by atoms with Crippen molar-refractivity contribution in [2.24, 2.45) is 0 Å². The molecule has 0 aliphatic heterocycles. The highest BCUT2D eigenvalue weighted by Gasteiger charge is 2.13. The van der Waals surface area contributed by atoms with E-state index in [0.717, 1.165) is 22.5 Å². The molecule has 7 heteroatoms. The second-order valence-corrected chi connectivity index (χ2v) is 5.79. The lowest BCUT2D eigenvalue weighted by Gasteiger charge is -2.18. The van der Waals surface area contributed by atoms with Crippen LogP contribution < -0.4 is 10.1 Å². The smallest absolute Gasteiger partial charge is 0.153 e. The highest BCUT2D eigenvalue weighted by molar-refractivity contribution is 5.59. The molecule has 1 atom stereocenters. The van der Waals surface area contributed by atoms with E-state index in [-0.39, 0.29) is 12.6 Å². The van der Waals surface area contributed by atoms with Crippen LogP contribution in [-0.4, -0.2) is 32.4 Å². The van der Waals surface area contributed by atoms with Crippen LogP contribution in [0.3, 0.4) is 0 Å². The van der Waals surface area contributed by atoms with E-state index in [1.165, 1.54) is 0 Å². The average Bonchev–Trinajstić information content (AvgIpc) is 3.07. The Morgan fingerprint density at radius 2 is 2.08 bits per heavy atom. The Kier molecular flexibility index (Phi) is 4.95. The van der Waals surface area contributed by atoms with Gasteiger partial charge < -0.3 is 15.2 Å². The normalized spacial score (nSPS) is 12.0. The maximum absolute atomic E-state index is 9.30. The maximum atomic E-state index is 9.30. The first-order valence-electron chi connectivity index (χ1n) is 8.02. The van der Waals surface area contributed by atoms with Gasteiger partial charge in [-0.2, -0.15) is 4.68 Å². The van der Waals surface area contributed by atoms with E-state index in [9.17, 15) is 5.11 Å². The second kappa shape index (κ2) is 7.31. The third-order valence-electron chi connectivity index (χ3n) is 4.05. The zero-order valence-corrected chi connectivity index (χ0v) is 14.5. The third kappa shape index (κ3) is 3.61. The Morgan fingerprint density at radius 3 is 2.76 bits per heavy atom. The largest absolute Gasteiger partial charge is 0.494 e. The molecule has 0 fully saturated rings. The van der Waals surface area contributed by atoms with E-state index < -0.39 is 0 Å². The molecule has 1 heterocycles. The van der Waals surface area contributed by atoms with Crippen molar-refractivity contribution in [2.45, 2.75) is 26.5 Å². The van der Waals surface area contributed by atoms with Crippen LogP contribution in [0.5, 0.6) is 5.75 Å². The van der Waals surface area contributed by atoms with Crippen LogP contribution in [0.25, 0.3) is 5.69 Å². The fraction of sp³-hybridized carbons (Fsp3) is 0.278. The molecule has 0 spiro atoms. The van der Waals surface area contributed by atoms with Crippen molar-refractivity contribution in [3.05, 3.63) is 59.4 Å². The summed E-state index contributed by atoms with van der Waals surface area (Å²) in [6.07, 6.45) is 0. The summed E-state index contributed by atoms with van der Waals surface area (Å²) in [5.41, 5.74) is 3.69. The summed E-state index contributed by atoms with van der Waals surface area (Å²) < 4.78 is 7.07. The van der Waals surface area contributed by atoms with Gasteiger partial charge >= 0.3 is 0 Å². The number of nitrogens with one attached hydrogen (secondary N) is 1. The van der Waals surface area contributed by atoms with Gasteiger partial charge in [0.2, 0.25) is 0 Å². The van der Waals surface area contributed by atoms with Gasteiger partial charge in [0, 0.05) is 11.7 Å². The first-order valence-corrected chi connectivity index (χ1v) is 8.02. The van der Waals surface area contributed by atoms with Crippen molar-refractivity contribution in [1.29, 1.82) is 0 Å². The molecule has 3 rings (SSSR count). The second-order valence-electron chi connectivity index (χ2n) is 5.79. The quantitative estimate of drug-likeness (QED) is 0.718. The van der Waals surface area contributed by atoms with Gasteiger partial charge in [-0.1, -0.05) is 24.3 Å². The lowest BCUT2D eigenvalue weighted by molar-refractivity contribution is 0.281. The van der Waals surface area contributed by atoms with Crippen LogP contribution in [0.1, 0.15) is 29.9 Å². The minimum absolute atomic E-state index is 0.0336. The van der Waals surface area contributed by atoms with Crippen LogP contribution in [0, 0.1) is 6.92 Å². The fourth-order valence-electron chi connectivity index (χ4n) is 2.69. The fourth-order valence-corrected chi connectivity index (χ4v) is 2.69. The number of benzene rings is 2. The average molecular weight is 339 g/mol. The van der Waals surface area contributed by atoms with Crippen LogP contribution in [-0.2, 0) is 6.61 Å². The monoisotopic (exact) mass is 339 g/mol. The zero-order chi connectivity index (χ0) is 17.8. The molecule has 0 amide bonds. The van der Waals surface area contributed by atoms with Crippen LogP contribution in [0.15, 0.2) is 42.5 Å². The number of ether oxygens (including phenoxy) is 1. The van der Waals surface area contributed by atoms with Gasteiger partial charge in [0.25, 0.3) is 0 Å². The van der Waals surface area contributed by atoms with Crippen molar-refractivity contribution in [1.82, 2.24) is 20.2 Å². The first kappa shape index (κ1) is 16.9. The van der Waals surface area contributed by atoms with Crippen LogP contribution in [0.4, 0.5) is 5.69 Å². The van der Waals surface area contributed by atoms with Crippen molar-refractivity contribution in [2.75, 3.05) is 12.4 Å². The number of hydrogen-bond acceptors (Lipinski definition) is 6. The Balaban J connectivity index is 1.89. The standard InChI is InChI=1S/C18H21N5O2/c1-12(15-6-4-5-14(9-15)11-24)19-16-7-8-18(25-3)17(10-16)23-13(2)20-21-22-23/h4-10,12,19,24H,11H2,1-3H3. The summed E-state index contributed by atoms with van der Waals surface area (Å²) in [6.45, 7) is 3.94. The van der Waals surface area contributed by atoms with Gasteiger partial charge in [-0.05, 0) is 53.6 Å². The number of anilines is 1. The summed E-state index contributed by atoms with van der Waals surface area (Å²) >= 11 is 0. The van der Waals surface area contributed by atoms with Gasteiger partial charge in [0.15, 0.2) is 5.82 Å². The minimum Gasteiger partial charge on any atom is -0.494 e. The van der Waals surface area contributed by atoms with Crippen molar-refractivity contribution in [3.8, 4) is 11.4 Å². The predicted octanol–water partition coefficient (Wildman–Crippen LogP) is 2.64. The number of hydrogen-bond donors (Lipinski definition) is 2. The Bertz CT molecular complexity index is 862. The number of methoxy groups -OCH3 is 1. The lowest BCUT2D eigenvalue weighted by Crippen LogP contribution is -2.09. The van der Waals surface area contributed by atoms with Crippen LogP contribution in [0.2, 0.25) is 0 Å². The van der Waals surface area contributed by atoms with E-state index in [2.05, 4.69) is 27.8 Å². The highest BCUT2D eigenvalue weighted by atomic mass is 16.5. The lowest BCUT2D eigenvalue weighted by atomic mass is 10.1. The molecular formula is C18H21N5O2. The molecule has 0 radical (unpaired) electrons. The molecule has 7 nitrogen and oxygen atoms in total. The van der Waals surface area contributed by atoms with Gasteiger partial charge in [-0.3, -0.25) is 0 Å². The molecule has 0 aliphatic carbocycles. The van der Waals surface area contributed by atoms with Crippen molar-refractivity contribution >= 4 is 5.69 Å². The molecular weight excluding hydrogens is 318 g/mol. The number of rotatable bonds is 6. The molecule has 2 N–H and O–H groups in total. The predicted molar refractivity (Wildman–Crippen MR) is 94.8 cm³/mol. The third-order valence-corrected chi connectivity index (χ3v) is 4.05. The van der Waals surface area contributed by atoms with Gasteiger partial charge in [0.1, 0.15) is 11.4 Å². The Hall–Kier alpha value is -2.93. The molecule has 1 aromatic heterocycles. The minimum atomic E-state index is 0.0336. The van der Waals surface area contributed by atoms with E-state index in [4.69, 9.17) is 4.74 Å². The van der Waals surface area contributed by atoms with Crippen molar-refractivity contribution in [3.63, 3.8) is 0 Å². The van der Waals surface area contributed by atoms with E-state index in [1.807, 2.05) is 49.4 Å². The van der Waals surface area contributed by atoms with E-state index in [1.54, 1.807) is 11.8 Å². The number of nitrogens with zero attached hydrogens (tertiary/aromatic N) is 4. The van der Waals surface area contributed by atoms with E-state index in [0.29, 0.717) is 11.6 Å². The molecule has 0 saturated carbocycles. The number of tetrazole rings is 1. The first-order chi connectivity index (χ1) is 12.1. The molecule has 1 unspecified atom stereocenters. The maximum Gasteiger partial charge on any atom is 0.153 e. The summed E-state index contributed by atoms with van der Waals surface area (Å²) in [6, 6.07) is 13.7. The summed E-state index contributed by atoms with van der Waals surface area (Å²) in [4.78, 5) is 0. The molecule has 2 aromatic carbocycles. The van der Waals surface area contributed by atoms with Gasteiger partial charge in [-0.25, -0.2) is 0 Å². The Labute approximate surface area is 146 Å². The van der Waals surface area contributed by atoms with Crippen LogP contribution >= 0.6 is 0 Å². The molecule has 0 aliphatic rings. The zero-order valence-electron chi connectivity index (χ0n) is 14.5. The van der Waals surface area contributed by atoms with Gasteiger partial charge in [-0.15, -0.1) is 5.10 Å². The summed E-state index contributed by atoms with van der Waals surface area (Å²) in [7, 11) is 1.62. The topological polar surface area (TPSA) is 85.1 Å². The summed E-state index contributed by atoms with van der Waals surface area (Å²) in [5.74, 6) is 1.37. The number of aliphatic hydroxyl groups excluding tert-OH is 1. The summed E-state index contributed by atoms with van der Waals surface area (Å²) in [5, 5.41) is 24.4. The van der Waals surface area contributed by atoms with Gasteiger partial charge in [0.05, 0.1) is 13.7 Å². The molecule has 0 bridgehead atoms. The Morgan fingerprint density at radius 1 is 1.24 bits per heavy atom. The molecule has 25 heavy (non-hydrogen) atoms. The van der Waals surface area contributed by atoms with E-state index >= 15 is 0 Å². The van der Waals surface area contributed by atoms with Crippen molar-refractivity contribution < 1.29 is 9.84 Å². The number of aryl methyl sites for hydroxylation is 1. The number of aliphatic hydroxyl groups is 1. The molecule has 130 valence electrons.